The van der Waals surface area contributed by atoms with E-state index in [2.05, 4.69) is 20.9 Å². The summed E-state index contributed by atoms with van der Waals surface area (Å²) in [7, 11) is 0. The first-order chi connectivity index (χ1) is 8.74. The van der Waals surface area contributed by atoms with Gasteiger partial charge in [-0.15, -0.1) is 0 Å². The number of nitrogens with zero attached hydrogens (tertiary/aromatic N) is 3. The third-order valence-corrected chi connectivity index (χ3v) is 3.75. The number of piperidine rings is 1. The molecule has 0 unspecified atom stereocenters. The van der Waals surface area contributed by atoms with Gasteiger partial charge in [0.2, 0.25) is 0 Å². The van der Waals surface area contributed by atoms with E-state index in [9.17, 15) is 4.79 Å². The molecule has 0 bridgehead atoms. The average Bonchev–Trinajstić information content (AvgIpc) is 2.81. The smallest absolute Gasteiger partial charge is 0.274 e. The van der Waals surface area contributed by atoms with Crippen LogP contribution in [-0.4, -0.2) is 33.3 Å². The molecule has 18 heavy (non-hydrogen) atoms. The van der Waals surface area contributed by atoms with Gasteiger partial charge in [0, 0.05) is 30.0 Å². The number of carbonyl (C=O) groups excluding carboxylic acids is 1. The number of rotatable bonds is 1. The van der Waals surface area contributed by atoms with Crippen LogP contribution in [0.2, 0.25) is 0 Å². The highest BCUT2D eigenvalue weighted by Gasteiger charge is 2.20. The van der Waals surface area contributed by atoms with Crippen LogP contribution in [-0.2, 0) is 0 Å². The maximum absolute atomic E-state index is 12.3. The molecule has 0 aliphatic carbocycles. The topological polar surface area (TPSA) is 37.6 Å². The third kappa shape index (κ3) is 2.14. The van der Waals surface area contributed by atoms with Crippen molar-refractivity contribution in [2.45, 2.75) is 19.3 Å². The van der Waals surface area contributed by atoms with Crippen LogP contribution in [0.5, 0.6) is 0 Å². The number of fused-ring (bicyclic) bond motifs is 1. The van der Waals surface area contributed by atoms with E-state index in [1.165, 1.54) is 6.42 Å². The fourth-order valence-corrected chi connectivity index (χ4v) is 2.68. The van der Waals surface area contributed by atoms with Crippen molar-refractivity contribution in [2.75, 3.05) is 13.1 Å². The zero-order chi connectivity index (χ0) is 12.5. The van der Waals surface area contributed by atoms with E-state index in [0.717, 1.165) is 36.1 Å². The summed E-state index contributed by atoms with van der Waals surface area (Å²) >= 11 is 3.41. The van der Waals surface area contributed by atoms with Gasteiger partial charge in [-0.25, -0.2) is 4.98 Å². The molecule has 0 aromatic carbocycles. The molecule has 0 spiro atoms. The number of amides is 1. The number of halogens is 1. The van der Waals surface area contributed by atoms with E-state index < -0.39 is 0 Å². The standard InChI is InChI=1S/C13H14BrN3O/c14-10-4-5-12-15-11(9-17(12)8-10)13(18)16-6-2-1-3-7-16/h4-5,8-9H,1-3,6-7H2. The quantitative estimate of drug-likeness (QED) is 0.812. The van der Waals surface area contributed by atoms with Crippen molar-refractivity contribution in [1.29, 1.82) is 0 Å². The average molecular weight is 308 g/mol. The minimum Gasteiger partial charge on any atom is -0.337 e. The van der Waals surface area contributed by atoms with E-state index in [1.807, 2.05) is 27.6 Å². The number of pyridine rings is 1. The molecule has 0 saturated carbocycles. The number of imidazole rings is 1. The summed E-state index contributed by atoms with van der Waals surface area (Å²) in [5.41, 5.74) is 1.34. The number of hydrogen-bond donors (Lipinski definition) is 0. The van der Waals surface area contributed by atoms with E-state index in [4.69, 9.17) is 0 Å². The van der Waals surface area contributed by atoms with Crippen molar-refractivity contribution in [2.24, 2.45) is 0 Å². The van der Waals surface area contributed by atoms with Gasteiger partial charge in [-0.05, 0) is 47.3 Å². The van der Waals surface area contributed by atoms with Crippen molar-refractivity contribution >= 4 is 27.5 Å². The van der Waals surface area contributed by atoms with Gasteiger partial charge in [-0.2, -0.15) is 0 Å². The van der Waals surface area contributed by atoms with Crippen molar-refractivity contribution in [3.63, 3.8) is 0 Å². The van der Waals surface area contributed by atoms with Crippen LogP contribution in [0.3, 0.4) is 0 Å². The maximum atomic E-state index is 12.3. The first-order valence-corrected chi connectivity index (χ1v) is 6.97. The Balaban J connectivity index is 1.91. The molecule has 2 aromatic heterocycles. The number of aromatic nitrogens is 2. The Hall–Kier alpha value is -1.36. The monoisotopic (exact) mass is 307 g/mol. The first-order valence-electron chi connectivity index (χ1n) is 6.17. The number of likely N-dealkylation sites (tertiary alicyclic amines) is 1. The predicted octanol–water partition coefficient (Wildman–Crippen LogP) is 2.72. The fourth-order valence-electron chi connectivity index (χ4n) is 2.33. The zero-order valence-electron chi connectivity index (χ0n) is 9.97. The molecule has 0 atom stereocenters. The summed E-state index contributed by atoms with van der Waals surface area (Å²) in [5, 5.41) is 0. The Labute approximate surface area is 114 Å². The molecule has 1 saturated heterocycles. The largest absolute Gasteiger partial charge is 0.337 e. The molecule has 3 rings (SSSR count). The minimum atomic E-state index is 0.0505. The van der Waals surface area contributed by atoms with E-state index in [1.54, 1.807) is 6.20 Å². The van der Waals surface area contributed by atoms with Gasteiger partial charge >= 0.3 is 0 Å². The molecule has 94 valence electrons. The van der Waals surface area contributed by atoms with Gasteiger partial charge < -0.3 is 9.30 Å². The molecule has 3 heterocycles. The molecule has 4 nitrogen and oxygen atoms in total. The van der Waals surface area contributed by atoms with E-state index in [0.29, 0.717) is 5.69 Å². The Morgan fingerprint density at radius 2 is 1.94 bits per heavy atom. The van der Waals surface area contributed by atoms with Gasteiger partial charge in [-0.1, -0.05) is 0 Å². The van der Waals surface area contributed by atoms with Crippen LogP contribution < -0.4 is 0 Å². The summed E-state index contributed by atoms with van der Waals surface area (Å²) < 4.78 is 2.85. The van der Waals surface area contributed by atoms with E-state index >= 15 is 0 Å². The lowest BCUT2D eigenvalue weighted by atomic mass is 10.1. The predicted molar refractivity (Wildman–Crippen MR) is 72.6 cm³/mol. The van der Waals surface area contributed by atoms with Crippen LogP contribution in [0.4, 0.5) is 0 Å². The van der Waals surface area contributed by atoms with Gasteiger partial charge in [-0.3, -0.25) is 4.79 Å². The second kappa shape index (κ2) is 4.72. The van der Waals surface area contributed by atoms with Crippen LogP contribution in [0.15, 0.2) is 29.0 Å². The number of hydrogen-bond acceptors (Lipinski definition) is 2. The maximum Gasteiger partial charge on any atom is 0.274 e. The van der Waals surface area contributed by atoms with Gasteiger partial charge in [0.1, 0.15) is 11.3 Å². The Bertz CT molecular complexity index is 587. The van der Waals surface area contributed by atoms with E-state index in [-0.39, 0.29) is 5.91 Å². The molecule has 5 heteroatoms. The zero-order valence-corrected chi connectivity index (χ0v) is 11.6. The molecule has 1 aliphatic heterocycles. The Kier molecular flexibility index (Phi) is 3.07. The van der Waals surface area contributed by atoms with Crippen LogP contribution in [0, 0.1) is 0 Å². The first kappa shape index (κ1) is 11.7. The summed E-state index contributed by atoms with van der Waals surface area (Å²) in [6.07, 6.45) is 7.14. The highest BCUT2D eigenvalue weighted by Crippen LogP contribution is 2.15. The normalized spacial score (nSPS) is 16.2. The highest BCUT2D eigenvalue weighted by molar-refractivity contribution is 9.10. The van der Waals surface area contributed by atoms with Crippen molar-refractivity contribution < 1.29 is 4.79 Å². The summed E-state index contributed by atoms with van der Waals surface area (Å²) in [6.45, 7) is 1.72. The summed E-state index contributed by atoms with van der Waals surface area (Å²) in [4.78, 5) is 18.6. The van der Waals surface area contributed by atoms with Crippen molar-refractivity contribution in [3.8, 4) is 0 Å². The van der Waals surface area contributed by atoms with Crippen LogP contribution >= 0.6 is 15.9 Å². The second-order valence-electron chi connectivity index (χ2n) is 4.59. The van der Waals surface area contributed by atoms with Crippen molar-refractivity contribution in [1.82, 2.24) is 14.3 Å². The fraction of sp³-hybridized carbons (Fsp3) is 0.385. The molecule has 0 radical (unpaired) electrons. The molecule has 1 fully saturated rings. The van der Waals surface area contributed by atoms with Crippen LogP contribution in [0.25, 0.3) is 5.65 Å². The lowest BCUT2D eigenvalue weighted by Gasteiger charge is -2.25. The lowest BCUT2D eigenvalue weighted by Crippen LogP contribution is -2.35. The van der Waals surface area contributed by atoms with Crippen LogP contribution in [0.1, 0.15) is 29.8 Å². The van der Waals surface area contributed by atoms with Gasteiger partial charge in [0.05, 0.1) is 0 Å². The molecule has 1 aliphatic rings. The van der Waals surface area contributed by atoms with Crippen molar-refractivity contribution in [3.05, 3.63) is 34.7 Å². The SMILES string of the molecule is O=C(c1cn2cc(Br)ccc2n1)N1CCCCC1. The lowest BCUT2D eigenvalue weighted by molar-refractivity contribution is 0.0719. The Morgan fingerprint density at radius 1 is 1.17 bits per heavy atom. The summed E-state index contributed by atoms with van der Waals surface area (Å²) in [6, 6.07) is 3.83. The molecule has 1 amide bonds. The third-order valence-electron chi connectivity index (χ3n) is 3.28. The van der Waals surface area contributed by atoms with Gasteiger partial charge in [0.25, 0.3) is 5.91 Å². The molecule has 0 N–H and O–H groups in total. The Morgan fingerprint density at radius 3 is 2.72 bits per heavy atom. The molecular weight excluding hydrogens is 294 g/mol. The second-order valence-corrected chi connectivity index (χ2v) is 5.51. The molecule has 2 aromatic rings. The highest BCUT2D eigenvalue weighted by atomic mass is 79.9. The molecular formula is C13H14BrN3O. The van der Waals surface area contributed by atoms with Gasteiger partial charge in [0.15, 0.2) is 0 Å². The summed E-state index contributed by atoms with van der Waals surface area (Å²) in [5.74, 6) is 0.0505. The minimum absolute atomic E-state index is 0.0505. The number of carbonyl (C=O) groups is 1.